The van der Waals surface area contributed by atoms with E-state index in [2.05, 4.69) is 24.3 Å². The van der Waals surface area contributed by atoms with Gasteiger partial charge in [-0.25, -0.2) is 0 Å². The van der Waals surface area contributed by atoms with Crippen molar-refractivity contribution in [2.45, 2.75) is 31.4 Å². The van der Waals surface area contributed by atoms with Gasteiger partial charge < -0.3 is 10.8 Å². The Balaban J connectivity index is 0.00000161. The van der Waals surface area contributed by atoms with Crippen LogP contribution in [0.4, 0.5) is 0 Å². The van der Waals surface area contributed by atoms with Crippen LogP contribution in [0.25, 0.3) is 11.1 Å². The second-order valence-electron chi connectivity index (χ2n) is 5.70. The molecule has 0 amide bonds. The summed E-state index contributed by atoms with van der Waals surface area (Å²) in [6.07, 6.45) is 3.01. The van der Waals surface area contributed by atoms with Gasteiger partial charge in [0.15, 0.2) is 0 Å². The molecule has 0 radical (unpaired) electrons. The minimum Gasteiger partial charge on any atom is -0.391 e. The molecule has 0 saturated heterocycles. The third kappa shape index (κ3) is 3.46. The molecule has 2 aromatic carbocycles. The number of rotatable bonds is 4. The number of hydrogen-bond acceptors (Lipinski definition) is 2. The molecule has 2 atom stereocenters. The molecule has 1 saturated carbocycles. The number of benzene rings is 2. The standard InChI is InChI=1S/C18H21NO.ClH/c19-17(18(20)14-8-4-9-14)16-11-5-10-15(12-16)13-6-2-1-3-7-13;/h1-3,5-7,10-12,14,17-18,20H,4,8-9,19H2;1H/t17-,18+;/m1./s1. The van der Waals surface area contributed by atoms with Crippen LogP contribution in [-0.2, 0) is 0 Å². The molecule has 3 heteroatoms. The third-order valence-electron chi connectivity index (χ3n) is 4.38. The van der Waals surface area contributed by atoms with E-state index in [0.717, 1.165) is 24.0 Å². The van der Waals surface area contributed by atoms with E-state index in [-0.39, 0.29) is 18.4 Å². The van der Waals surface area contributed by atoms with Gasteiger partial charge >= 0.3 is 0 Å². The van der Waals surface area contributed by atoms with Crippen molar-refractivity contribution in [2.24, 2.45) is 11.7 Å². The highest BCUT2D eigenvalue weighted by molar-refractivity contribution is 5.85. The summed E-state index contributed by atoms with van der Waals surface area (Å²) in [6.45, 7) is 0. The SMILES string of the molecule is Cl.N[C@H](c1cccc(-c2ccccc2)c1)[C@@H](O)C1CCC1. The van der Waals surface area contributed by atoms with Crippen LogP contribution in [-0.4, -0.2) is 11.2 Å². The van der Waals surface area contributed by atoms with E-state index in [9.17, 15) is 5.11 Å². The Bertz CT molecular complexity index is 568. The number of halogens is 1. The summed E-state index contributed by atoms with van der Waals surface area (Å²) >= 11 is 0. The lowest BCUT2D eigenvalue weighted by molar-refractivity contribution is 0.0414. The van der Waals surface area contributed by atoms with Gasteiger partial charge in [-0.2, -0.15) is 0 Å². The highest BCUT2D eigenvalue weighted by Gasteiger charge is 2.30. The highest BCUT2D eigenvalue weighted by atomic mass is 35.5. The number of aliphatic hydroxyl groups excluding tert-OH is 1. The Morgan fingerprint density at radius 1 is 0.952 bits per heavy atom. The van der Waals surface area contributed by atoms with Crippen LogP contribution in [0.5, 0.6) is 0 Å². The molecule has 1 aliphatic rings. The minimum atomic E-state index is -0.422. The molecule has 0 unspecified atom stereocenters. The highest BCUT2D eigenvalue weighted by Crippen LogP contribution is 2.35. The summed E-state index contributed by atoms with van der Waals surface area (Å²) in [5, 5.41) is 10.3. The zero-order chi connectivity index (χ0) is 13.9. The second-order valence-corrected chi connectivity index (χ2v) is 5.70. The van der Waals surface area contributed by atoms with E-state index in [0.29, 0.717) is 5.92 Å². The fourth-order valence-electron chi connectivity index (χ4n) is 2.83. The molecule has 1 aliphatic carbocycles. The lowest BCUT2D eigenvalue weighted by Crippen LogP contribution is -2.36. The topological polar surface area (TPSA) is 46.2 Å². The molecule has 112 valence electrons. The molecule has 0 spiro atoms. The van der Waals surface area contributed by atoms with Crippen LogP contribution in [0.15, 0.2) is 54.6 Å². The molecule has 3 rings (SSSR count). The first kappa shape index (κ1) is 16.0. The smallest absolute Gasteiger partial charge is 0.0760 e. The lowest BCUT2D eigenvalue weighted by atomic mass is 9.77. The summed E-state index contributed by atoms with van der Waals surface area (Å²) in [7, 11) is 0. The zero-order valence-corrected chi connectivity index (χ0v) is 12.8. The van der Waals surface area contributed by atoms with Crippen molar-refractivity contribution in [3.63, 3.8) is 0 Å². The number of hydrogen-bond donors (Lipinski definition) is 2. The average molecular weight is 304 g/mol. The maximum absolute atomic E-state index is 10.3. The van der Waals surface area contributed by atoms with Gasteiger partial charge in [0, 0.05) is 0 Å². The van der Waals surface area contributed by atoms with E-state index in [1.807, 2.05) is 30.3 Å². The van der Waals surface area contributed by atoms with Gasteiger partial charge in [0.05, 0.1) is 12.1 Å². The van der Waals surface area contributed by atoms with Crippen molar-refractivity contribution in [3.05, 3.63) is 60.2 Å². The van der Waals surface area contributed by atoms with E-state index < -0.39 is 6.10 Å². The molecule has 1 fully saturated rings. The predicted octanol–water partition coefficient (Wildman–Crippen LogP) is 3.94. The molecule has 0 aromatic heterocycles. The van der Waals surface area contributed by atoms with Crippen molar-refractivity contribution >= 4 is 12.4 Å². The fourth-order valence-corrected chi connectivity index (χ4v) is 2.83. The van der Waals surface area contributed by atoms with Gasteiger partial charge in [-0.05, 0) is 41.5 Å². The van der Waals surface area contributed by atoms with E-state index >= 15 is 0 Å². The van der Waals surface area contributed by atoms with Gasteiger partial charge in [-0.15, -0.1) is 12.4 Å². The van der Waals surface area contributed by atoms with Crippen LogP contribution in [0.2, 0.25) is 0 Å². The van der Waals surface area contributed by atoms with Gasteiger partial charge in [-0.1, -0.05) is 55.0 Å². The van der Waals surface area contributed by atoms with Crippen molar-refractivity contribution in [1.29, 1.82) is 0 Å². The summed E-state index contributed by atoms with van der Waals surface area (Å²) in [5.74, 6) is 0.380. The number of aliphatic hydroxyl groups is 1. The Kier molecular flexibility index (Phi) is 5.40. The molecule has 0 heterocycles. The van der Waals surface area contributed by atoms with Gasteiger partial charge in [0.1, 0.15) is 0 Å². The van der Waals surface area contributed by atoms with Crippen LogP contribution in [0.3, 0.4) is 0 Å². The predicted molar refractivity (Wildman–Crippen MR) is 89.4 cm³/mol. The quantitative estimate of drug-likeness (QED) is 0.899. The van der Waals surface area contributed by atoms with Crippen LogP contribution in [0, 0.1) is 5.92 Å². The molecule has 0 aliphatic heterocycles. The molecular weight excluding hydrogens is 282 g/mol. The van der Waals surface area contributed by atoms with Gasteiger partial charge in [0.2, 0.25) is 0 Å². The molecular formula is C18H22ClNO. The Morgan fingerprint density at radius 3 is 2.24 bits per heavy atom. The monoisotopic (exact) mass is 303 g/mol. The zero-order valence-electron chi connectivity index (χ0n) is 12.0. The van der Waals surface area contributed by atoms with Crippen molar-refractivity contribution in [2.75, 3.05) is 0 Å². The van der Waals surface area contributed by atoms with E-state index in [1.165, 1.54) is 12.0 Å². The van der Waals surface area contributed by atoms with E-state index in [4.69, 9.17) is 5.73 Å². The molecule has 2 aromatic rings. The molecule has 21 heavy (non-hydrogen) atoms. The summed E-state index contributed by atoms with van der Waals surface area (Å²) < 4.78 is 0. The Hall–Kier alpha value is -1.35. The normalized spacial score (nSPS) is 17.4. The molecule has 2 nitrogen and oxygen atoms in total. The van der Waals surface area contributed by atoms with Crippen molar-refractivity contribution in [3.8, 4) is 11.1 Å². The number of nitrogens with two attached hydrogens (primary N) is 1. The van der Waals surface area contributed by atoms with Gasteiger partial charge in [0.25, 0.3) is 0 Å². The Morgan fingerprint density at radius 2 is 1.62 bits per heavy atom. The summed E-state index contributed by atoms with van der Waals surface area (Å²) in [6, 6.07) is 18.2. The first-order valence-corrected chi connectivity index (χ1v) is 7.35. The maximum atomic E-state index is 10.3. The molecule has 3 N–H and O–H groups in total. The maximum Gasteiger partial charge on any atom is 0.0760 e. The van der Waals surface area contributed by atoms with Crippen LogP contribution >= 0.6 is 12.4 Å². The average Bonchev–Trinajstić information content (AvgIpc) is 2.46. The fraction of sp³-hybridized carbons (Fsp3) is 0.333. The largest absolute Gasteiger partial charge is 0.391 e. The second kappa shape index (κ2) is 7.08. The first-order valence-electron chi connectivity index (χ1n) is 7.35. The third-order valence-corrected chi connectivity index (χ3v) is 4.38. The minimum absolute atomic E-state index is 0. The Labute approximate surface area is 132 Å². The summed E-state index contributed by atoms with van der Waals surface area (Å²) in [5.41, 5.74) is 9.60. The lowest BCUT2D eigenvalue weighted by Gasteiger charge is -2.33. The van der Waals surface area contributed by atoms with Crippen molar-refractivity contribution < 1.29 is 5.11 Å². The van der Waals surface area contributed by atoms with Gasteiger partial charge in [-0.3, -0.25) is 0 Å². The van der Waals surface area contributed by atoms with Crippen LogP contribution < -0.4 is 5.73 Å². The first-order chi connectivity index (χ1) is 9.75. The molecule has 0 bridgehead atoms. The van der Waals surface area contributed by atoms with Crippen molar-refractivity contribution in [1.82, 2.24) is 0 Å². The summed E-state index contributed by atoms with van der Waals surface area (Å²) in [4.78, 5) is 0. The van der Waals surface area contributed by atoms with E-state index in [1.54, 1.807) is 0 Å². The van der Waals surface area contributed by atoms with Crippen LogP contribution in [0.1, 0.15) is 30.9 Å².